The molecule has 0 amide bonds. The fourth-order valence-electron chi connectivity index (χ4n) is 1.77. The van der Waals surface area contributed by atoms with Crippen LogP contribution in [-0.2, 0) is 17.1 Å². The lowest BCUT2D eigenvalue weighted by molar-refractivity contribution is -0.163. The third-order valence-corrected chi connectivity index (χ3v) is 4.00. The van der Waals surface area contributed by atoms with E-state index in [0.717, 1.165) is 5.82 Å². The molecular formula is C9H15BIO6P. The van der Waals surface area contributed by atoms with Crippen molar-refractivity contribution in [3.63, 3.8) is 0 Å². The summed E-state index contributed by atoms with van der Waals surface area (Å²) in [4.78, 5) is 17.7. The van der Waals surface area contributed by atoms with Crippen molar-refractivity contribution in [3.05, 3.63) is 11.9 Å². The molecule has 102 valence electrons. The maximum Gasteiger partial charge on any atom is 0.348 e. The van der Waals surface area contributed by atoms with Crippen LogP contribution in [0.4, 0.5) is 0 Å². The zero-order chi connectivity index (χ0) is 14.0. The Morgan fingerprint density at radius 2 is 2.22 bits per heavy atom. The standard InChI is InChI=1S/C9H15BIO6P/c1-9(3-4-18(12,13)14)7(17-11)5-6(15-2)8(10)16-9/h3-4,6-8H,5H2,1-2H3,(H2,12,13,14)/b4-3+/t6-,7+,8?,9-/m1/s1. The van der Waals surface area contributed by atoms with Crippen molar-refractivity contribution in [2.45, 2.75) is 37.2 Å². The summed E-state index contributed by atoms with van der Waals surface area (Å²) >= 11 is 1.72. The summed E-state index contributed by atoms with van der Waals surface area (Å²) in [5, 5.41) is 0. The van der Waals surface area contributed by atoms with Gasteiger partial charge in [0.25, 0.3) is 0 Å². The Labute approximate surface area is 121 Å². The van der Waals surface area contributed by atoms with Crippen molar-refractivity contribution in [1.29, 1.82) is 0 Å². The molecule has 1 rings (SSSR count). The van der Waals surface area contributed by atoms with Gasteiger partial charge in [-0.25, -0.2) is 0 Å². The molecule has 1 unspecified atom stereocenters. The summed E-state index contributed by atoms with van der Waals surface area (Å²) in [7, 11) is 3.06. The van der Waals surface area contributed by atoms with E-state index in [4.69, 9.17) is 30.2 Å². The minimum atomic E-state index is -4.24. The predicted molar refractivity (Wildman–Crippen MR) is 74.5 cm³/mol. The van der Waals surface area contributed by atoms with Crippen molar-refractivity contribution in [2.75, 3.05) is 7.11 Å². The Balaban J connectivity index is 2.91. The monoisotopic (exact) mass is 388 g/mol. The lowest BCUT2D eigenvalue weighted by Crippen LogP contribution is -2.54. The number of hydrogen-bond donors (Lipinski definition) is 2. The molecule has 0 aromatic heterocycles. The molecular weight excluding hydrogens is 373 g/mol. The van der Waals surface area contributed by atoms with Crippen molar-refractivity contribution in [2.24, 2.45) is 0 Å². The second-order valence-electron chi connectivity index (χ2n) is 4.26. The van der Waals surface area contributed by atoms with Gasteiger partial charge in [0.1, 0.15) is 42.6 Å². The second-order valence-corrected chi connectivity index (χ2v) is 6.24. The first-order valence-electron chi connectivity index (χ1n) is 5.21. The number of ether oxygens (including phenoxy) is 2. The van der Waals surface area contributed by atoms with Gasteiger partial charge < -0.3 is 22.3 Å². The van der Waals surface area contributed by atoms with Gasteiger partial charge in [-0.2, -0.15) is 0 Å². The van der Waals surface area contributed by atoms with Crippen LogP contribution in [0.1, 0.15) is 13.3 Å². The van der Waals surface area contributed by atoms with Gasteiger partial charge in [0.05, 0.1) is 6.10 Å². The maximum atomic E-state index is 10.9. The summed E-state index contributed by atoms with van der Waals surface area (Å²) in [5.41, 5.74) is -1.00. The summed E-state index contributed by atoms with van der Waals surface area (Å²) in [6, 6.07) is -0.677. The van der Waals surface area contributed by atoms with Crippen LogP contribution in [0, 0.1) is 0 Å². The number of halogens is 1. The highest BCUT2D eigenvalue weighted by Gasteiger charge is 2.44. The van der Waals surface area contributed by atoms with Crippen LogP contribution >= 0.6 is 30.6 Å². The highest BCUT2D eigenvalue weighted by molar-refractivity contribution is 14.1. The largest absolute Gasteiger partial charge is 0.380 e. The van der Waals surface area contributed by atoms with Crippen LogP contribution < -0.4 is 0 Å². The molecule has 1 saturated heterocycles. The van der Waals surface area contributed by atoms with Gasteiger partial charge in [0.15, 0.2) is 0 Å². The van der Waals surface area contributed by atoms with Gasteiger partial charge in [0.2, 0.25) is 0 Å². The van der Waals surface area contributed by atoms with E-state index in [0.29, 0.717) is 6.42 Å². The Bertz CT molecular complexity index is 361. The van der Waals surface area contributed by atoms with Gasteiger partial charge in [-0.1, -0.05) is 0 Å². The molecule has 0 aromatic rings. The molecule has 1 aliphatic rings. The SMILES string of the molecule is [B]C1O[C@](C)(/C=C/P(=O)(O)O)[C@@H](OI)C[C@H]1OC. The molecule has 18 heavy (non-hydrogen) atoms. The van der Waals surface area contributed by atoms with Crippen LogP contribution in [0.5, 0.6) is 0 Å². The zero-order valence-corrected chi connectivity index (χ0v) is 13.1. The van der Waals surface area contributed by atoms with E-state index < -0.39 is 25.3 Å². The first kappa shape index (κ1) is 16.6. The quantitative estimate of drug-likeness (QED) is 0.427. The normalized spacial score (nSPS) is 38.2. The van der Waals surface area contributed by atoms with E-state index in [2.05, 4.69) is 0 Å². The third kappa shape index (κ3) is 4.30. The zero-order valence-electron chi connectivity index (χ0n) is 10.0. The lowest BCUT2D eigenvalue weighted by Gasteiger charge is -2.44. The summed E-state index contributed by atoms with van der Waals surface area (Å²) in [5.74, 6) is 0.801. The van der Waals surface area contributed by atoms with Crippen molar-refractivity contribution >= 4 is 38.4 Å². The molecule has 0 aromatic carbocycles. The molecule has 2 N–H and O–H groups in total. The molecule has 1 aliphatic heterocycles. The molecule has 1 fully saturated rings. The van der Waals surface area contributed by atoms with Gasteiger partial charge in [-0.05, 0) is 13.0 Å². The molecule has 9 heteroatoms. The molecule has 0 spiro atoms. The number of rotatable bonds is 4. The fourth-order valence-corrected chi connectivity index (χ4v) is 2.97. The molecule has 0 saturated carbocycles. The van der Waals surface area contributed by atoms with Gasteiger partial charge in [0, 0.05) is 25.4 Å². The van der Waals surface area contributed by atoms with Crippen LogP contribution in [0.25, 0.3) is 0 Å². The van der Waals surface area contributed by atoms with E-state index >= 15 is 0 Å². The topological polar surface area (TPSA) is 85.2 Å². The Hall–Kier alpha value is 0.565. The summed E-state index contributed by atoms with van der Waals surface area (Å²) < 4.78 is 26.9. The second kappa shape index (κ2) is 6.34. The molecule has 2 radical (unpaired) electrons. The predicted octanol–water partition coefficient (Wildman–Crippen LogP) is 1.10. The highest BCUT2D eigenvalue weighted by Crippen LogP contribution is 2.40. The van der Waals surface area contributed by atoms with Gasteiger partial charge >= 0.3 is 7.60 Å². The van der Waals surface area contributed by atoms with Crippen molar-refractivity contribution < 1.29 is 26.9 Å². The summed E-state index contributed by atoms with van der Waals surface area (Å²) in [6.07, 6.45) is 1.04. The number of methoxy groups -OCH3 is 1. The number of hydrogen-bond acceptors (Lipinski definition) is 4. The van der Waals surface area contributed by atoms with E-state index in [1.54, 1.807) is 29.9 Å². The highest BCUT2D eigenvalue weighted by atomic mass is 127. The van der Waals surface area contributed by atoms with Gasteiger partial charge in [-0.3, -0.25) is 4.57 Å². The molecule has 0 aliphatic carbocycles. The molecule has 4 atom stereocenters. The third-order valence-electron chi connectivity index (χ3n) is 2.85. The Kier molecular flexibility index (Phi) is 5.86. The summed E-state index contributed by atoms with van der Waals surface area (Å²) in [6.45, 7) is 1.66. The van der Waals surface area contributed by atoms with E-state index in [1.165, 1.54) is 13.2 Å². The van der Waals surface area contributed by atoms with Crippen LogP contribution in [0.2, 0.25) is 0 Å². The lowest BCUT2D eigenvalue weighted by atomic mass is 9.81. The van der Waals surface area contributed by atoms with Gasteiger partial charge in [-0.15, -0.1) is 0 Å². The first-order chi connectivity index (χ1) is 8.22. The average molecular weight is 388 g/mol. The first-order valence-corrected chi connectivity index (χ1v) is 7.77. The smallest absolute Gasteiger partial charge is 0.348 e. The van der Waals surface area contributed by atoms with Crippen LogP contribution in [0.15, 0.2) is 11.9 Å². The molecule has 6 nitrogen and oxygen atoms in total. The molecule has 0 bridgehead atoms. The van der Waals surface area contributed by atoms with E-state index in [9.17, 15) is 4.57 Å². The average Bonchev–Trinajstić information content (AvgIpc) is 2.26. The minimum Gasteiger partial charge on any atom is -0.380 e. The van der Waals surface area contributed by atoms with E-state index in [-0.39, 0.29) is 6.10 Å². The Morgan fingerprint density at radius 3 is 2.67 bits per heavy atom. The van der Waals surface area contributed by atoms with Crippen LogP contribution in [0.3, 0.4) is 0 Å². The maximum absolute atomic E-state index is 10.9. The fraction of sp³-hybridized carbons (Fsp3) is 0.778. The van der Waals surface area contributed by atoms with E-state index in [1.807, 2.05) is 0 Å². The Morgan fingerprint density at radius 1 is 1.61 bits per heavy atom. The van der Waals surface area contributed by atoms with Crippen LogP contribution in [-0.4, -0.2) is 48.6 Å². The van der Waals surface area contributed by atoms with Crippen molar-refractivity contribution in [1.82, 2.24) is 0 Å². The van der Waals surface area contributed by atoms with Crippen molar-refractivity contribution in [3.8, 4) is 0 Å². The molecule has 1 heterocycles. The minimum absolute atomic E-state index is 0.318.